The second-order valence-corrected chi connectivity index (χ2v) is 4.63. The number of aromatic nitrogens is 2. The Balaban J connectivity index is 2.29. The molecule has 9 heteroatoms. The molecule has 2 N–H and O–H groups in total. The highest BCUT2D eigenvalue weighted by Gasteiger charge is 2.46. The third kappa shape index (κ3) is 2.06. The summed E-state index contributed by atoms with van der Waals surface area (Å²) in [4.78, 5) is 13.1. The summed E-state index contributed by atoms with van der Waals surface area (Å²) in [7, 11) is 0. The molecule has 1 fully saturated rings. The van der Waals surface area contributed by atoms with Crippen molar-refractivity contribution in [1.29, 1.82) is 0 Å². The topological polar surface area (TPSA) is 111 Å². The Morgan fingerprint density at radius 2 is 2.41 bits per heavy atom. The maximum Gasteiger partial charge on any atom is 0.436 e. The molecule has 0 aromatic carbocycles. The number of alkyl halides is 1. The minimum absolute atomic E-state index is 0.286. The van der Waals surface area contributed by atoms with Gasteiger partial charge in [0.1, 0.15) is 18.5 Å². The van der Waals surface area contributed by atoms with Gasteiger partial charge in [-0.1, -0.05) is 20.9 Å². The molecular weight excluding hydrogens is 298 g/mol. The van der Waals surface area contributed by atoms with Crippen LogP contribution in [0.15, 0.2) is 12.4 Å². The standard InChI is InChI=1S/C8H10BrN3O5/c9-5-4(3-13)17-7(6(5)14)11-2-1-10-8(11)12(15)16/h1-2,4-7,13-14H,3H2/t4-,5-,6-,7-/m1/s1. The molecule has 2 rings (SSSR count). The summed E-state index contributed by atoms with van der Waals surface area (Å²) in [6.07, 6.45) is 0.0614. The van der Waals surface area contributed by atoms with Crippen LogP contribution in [0.5, 0.6) is 0 Å². The predicted molar refractivity (Wildman–Crippen MR) is 58.6 cm³/mol. The van der Waals surface area contributed by atoms with Gasteiger partial charge in [0.25, 0.3) is 0 Å². The lowest BCUT2D eigenvalue weighted by Crippen LogP contribution is -2.28. The number of hydrogen-bond donors (Lipinski definition) is 2. The molecule has 2 heterocycles. The van der Waals surface area contributed by atoms with Crippen molar-refractivity contribution in [2.45, 2.75) is 23.3 Å². The van der Waals surface area contributed by atoms with Gasteiger partial charge in [-0.05, 0) is 4.92 Å². The van der Waals surface area contributed by atoms with Crippen molar-refractivity contribution in [3.63, 3.8) is 0 Å². The molecule has 0 aliphatic carbocycles. The number of halogens is 1. The molecule has 8 nitrogen and oxygen atoms in total. The van der Waals surface area contributed by atoms with Gasteiger partial charge in [0.2, 0.25) is 6.23 Å². The molecule has 0 bridgehead atoms. The maximum atomic E-state index is 10.7. The van der Waals surface area contributed by atoms with Crippen molar-refractivity contribution in [3.05, 3.63) is 22.5 Å². The Bertz CT molecular complexity index is 425. The van der Waals surface area contributed by atoms with Crippen LogP contribution in [0.1, 0.15) is 6.23 Å². The predicted octanol–water partition coefficient (Wildman–Crippen LogP) is -0.195. The number of aliphatic hydroxyl groups is 2. The minimum atomic E-state index is -1.000. The zero-order valence-electron chi connectivity index (χ0n) is 8.51. The quantitative estimate of drug-likeness (QED) is 0.455. The van der Waals surface area contributed by atoms with Crippen LogP contribution in [-0.4, -0.2) is 48.3 Å². The molecule has 1 aliphatic rings. The first-order valence-electron chi connectivity index (χ1n) is 4.82. The molecule has 0 saturated carbocycles. The molecule has 1 aromatic rings. The molecule has 1 aliphatic heterocycles. The van der Waals surface area contributed by atoms with Gasteiger partial charge in [-0.15, -0.1) is 0 Å². The molecule has 0 amide bonds. The van der Waals surface area contributed by atoms with Crippen LogP contribution in [0.4, 0.5) is 5.95 Å². The fraction of sp³-hybridized carbons (Fsp3) is 0.625. The van der Waals surface area contributed by atoms with Crippen LogP contribution in [0.25, 0.3) is 0 Å². The second-order valence-electron chi connectivity index (χ2n) is 3.57. The molecule has 0 unspecified atom stereocenters. The van der Waals surface area contributed by atoms with Crippen LogP contribution in [0.2, 0.25) is 0 Å². The van der Waals surface area contributed by atoms with Gasteiger partial charge in [0, 0.05) is 0 Å². The van der Waals surface area contributed by atoms with Gasteiger partial charge in [0.05, 0.1) is 17.5 Å². The van der Waals surface area contributed by atoms with Gasteiger partial charge >= 0.3 is 5.95 Å². The lowest BCUT2D eigenvalue weighted by molar-refractivity contribution is -0.398. The van der Waals surface area contributed by atoms with Crippen LogP contribution in [0, 0.1) is 10.1 Å². The van der Waals surface area contributed by atoms with Crippen LogP contribution in [-0.2, 0) is 4.74 Å². The van der Waals surface area contributed by atoms with Gasteiger partial charge in [-0.3, -0.25) is 0 Å². The van der Waals surface area contributed by atoms with E-state index in [-0.39, 0.29) is 6.61 Å². The summed E-state index contributed by atoms with van der Waals surface area (Å²) < 4.78 is 6.48. The molecule has 0 radical (unpaired) electrons. The van der Waals surface area contributed by atoms with E-state index in [1.807, 2.05) is 0 Å². The average Bonchev–Trinajstić information content (AvgIpc) is 2.86. The van der Waals surface area contributed by atoms with Gasteiger partial charge < -0.3 is 25.1 Å². The first-order valence-corrected chi connectivity index (χ1v) is 5.73. The highest BCUT2D eigenvalue weighted by atomic mass is 79.9. The fourth-order valence-electron chi connectivity index (χ4n) is 1.73. The number of aliphatic hydroxyl groups excluding tert-OH is 2. The van der Waals surface area contributed by atoms with E-state index < -0.39 is 34.1 Å². The Hall–Kier alpha value is -1.03. The summed E-state index contributed by atoms with van der Waals surface area (Å²) >= 11 is 3.18. The zero-order valence-corrected chi connectivity index (χ0v) is 10.1. The smallest absolute Gasteiger partial charge is 0.394 e. The third-order valence-electron chi connectivity index (χ3n) is 2.55. The van der Waals surface area contributed by atoms with E-state index in [9.17, 15) is 15.2 Å². The molecular formula is C8H10BrN3O5. The van der Waals surface area contributed by atoms with E-state index in [2.05, 4.69) is 20.9 Å². The Morgan fingerprint density at radius 1 is 1.71 bits per heavy atom. The van der Waals surface area contributed by atoms with Gasteiger partial charge in [-0.2, -0.15) is 4.57 Å². The van der Waals surface area contributed by atoms with Crippen molar-refractivity contribution in [3.8, 4) is 0 Å². The molecule has 94 valence electrons. The largest absolute Gasteiger partial charge is 0.436 e. The van der Waals surface area contributed by atoms with E-state index in [4.69, 9.17) is 9.84 Å². The average molecular weight is 308 g/mol. The van der Waals surface area contributed by atoms with Crippen LogP contribution in [0.3, 0.4) is 0 Å². The van der Waals surface area contributed by atoms with Crippen molar-refractivity contribution in [1.82, 2.24) is 9.55 Å². The molecule has 1 aromatic heterocycles. The summed E-state index contributed by atoms with van der Waals surface area (Å²) in [5, 5.41) is 29.6. The monoisotopic (exact) mass is 307 g/mol. The Morgan fingerprint density at radius 3 is 2.94 bits per heavy atom. The Labute approximate surface area is 104 Å². The van der Waals surface area contributed by atoms with Crippen molar-refractivity contribution < 1.29 is 19.9 Å². The first kappa shape index (κ1) is 12.4. The summed E-state index contributed by atoms with van der Waals surface area (Å²) in [6.45, 7) is -0.286. The number of rotatable bonds is 3. The summed E-state index contributed by atoms with van der Waals surface area (Å²) in [5.41, 5.74) is 0. The van der Waals surface area contributed by atoms with E-state index in [1.54, 1.807) is 0 Å². The van der Waals surface area contributed by atoms with Crippen LogP contribution >= 0.6 is 15.9 Å². The number of ether oxygens (including phenoxy) is 1. The number of imidazole rings is 1. The van der Waals surface area contributed by atoms with Gasteiger partial charge in [-0.25, -0.2) is 0 Å². The Kier molecular flexibility index (Phi) is 3.43. The van der Waals surface area contributed by atoms with Crippen molar-refractivity contribution in [2.24, 2.45) is 0 Å². The lowest BCUT2D eigenvalue weighted by atomic mass is 10.2. The van der Waals surface area contributed by atoms with E-state index in [0.29, 0.717) is 0 Å². The fourth-order valence-corrected chi connectivity index (χ4v) is 2.28. The zero-order chi connectivity index (χ0) is 12.6. The minimum Gasteiger partial charge on any atom is -0.394 e. The van der Waals surface area contributed by atoms with E-state index >= 15 is 0 Å². The lowest BCUT2D eigenvalue weighted by Gasteiger charge is -2.13. The third-order valence-corrected chi connectivity index (χ3v) is 3.68. The highest BCUT2D eigenvalue weighted by Crippen LogP contribution is 2.35. The normalized spacial score (nSPS) is 32.9. The summed E-state index contributed by atoms with van der Waals surface area (Å²) in [6, 6.07) is 0. The van der Waals surface area contributed by atoms with E-state index in [1.165, 1.54) is 12.4 Å². The van der Waals surface area contributed by atoms with E-state index in [0.717, 1.165) is 4.57 Å². The number of hydrogen-bond acceptors (Lipinski definition) is 6. The second kappa shape index (κ2) is 4.69. The first-order chi connectivity index (χ1) is 8.06. The van der Waals surface area contributed by atoms with Gasteiger partial charge in [0.15, 0.2) is 0 Å². The molecule has 1 saturated heterocycles. The SMILES string of the molecule is O=[N+]([O-])c1nccn1[C@@H]1O[C@H](CO)[C@@H](Br)[C@H]1O. The van der Waals surface area contributed by atoms with Crippen molar-refractivity contribution >= 4 is 21.9 Å². The molecule has 4 atom stereocenters. The van der Waals surface area contributed by atoms with Crippen LogP contribution < -0.4 is 0 Å². The molecule has 0 spiro atoms. The van der Waals surface area contributed by atoms with Crippen molar-refractivity contribution in [2.75, 3.05) is 6.61 Å². The highest BCUT2D eigenvalue weighted by molar-refractivity contribution is 9.09. The molecule has 17 heavy (non-hydrogen) atoms. The maximum absolute atomic E-state index is 10.7. The number of nitro groups is 1. The summed E-state index contributed by atoms with van der Waals surface area (Å²) in [5.74, 6) is -0.410. The number of nitrogens with zero attached hydrogens (tertiary/aromatic N) is 3.